The third kappa shape index (κ3) is 2.10. The highest BCUT2D eigenvalue weighted by molar-refractivity contribution is 5.75. The summed E-state index contributed by atoms with van der Waals surface area (Å²) >= 11 is 0. The van der Waals surface area contributed by atoms with Crippen molar-refractivity contribution >= 4 is 5.97 Å². The highest BCUT2D eigenvalue weighted by Gasteiger charge is 2.55. The molecule has 3 rings (SSSR count). The van der Waals surface area contributed by atoms with Gasteiger partial charge in [0.2, 0.25) is 0 Å². The van der Waals surface area contributed by atoms with Gasteiger partial charge in [0, 0.05) is 0 Å². The highest BCUT2D eigenvalue weighted by atomic mass is 16.4. The third-order valence-electron chi connectivity index (χ3n) is 7.45. The quantitative estimate of drug-likeness (QED) is 0.711. The lowest BCUT2D eigenvalue weighted by Gasteiger charge is -2.57. The van der Waals surface area contributed by atoms with Crippen LogP contribution in [0.3, 0.4) is 0 Å². The molecule has 0 aliphatic heterocycles. The predicted molar refractivity (Wildman–Crippen MR) is 89.5 cm³/mol. The van der Waals surface area contributed by atoms with E-state index >= 15 is 0 Å². The normalized spacial score (nSPS) is 47.9. The van der Waals surface area contributed by atoms with Crippen LogP contribution in [0.4, 0.5) is 0 Å². The molecule has 0 radical (unpaired) electrons. The van der Waals surface area contributed by atoms with E-state index in [1.807, 2.05) is 6.92 Å². The Labute approximate surface area is 134 Å². The fourth-order valence-electron chi connectivity index (χ4n) is 5.54. The molecule has 0 aromatic carbocycles. The van der Waals surface area contributed by atoms with E-state index in [2.05, 4.69) is 32.6 Å². The number of carboxylic acids is 1. The number of carboxylic acid groups (broad SMARTS) is 1. The van der Waals surface area contributed by atoms with Crippen molar-refractivity contribution < 1.29 is 9.90 Å². The standard InChI is InChI=1S/C20H30O2/c1-5-18(2)11-12-19(3)14(13-18)8-9-16-15(19)7-6-10-20(16,4)17(21)22/h5,7,14,16H,1,6,8-13H2,2-4H3,(H,21,22)/t14-,16-,18+,19+,20+/m0/s1. The molecular weight excluding hydrogens is 272 g/mol. The molecule has 2 nitrogen and oxygen atoms in total. The van der Waals surface area contributed by atoms with E-state index in [-0.39, 0.29) is 16.7 Å². The van der Waals surface area contributed by atoms with Crippen molar-refractivity contribution in [1.29, 1.82) is 0 Å². The van der Waals surface area contributed by atoms with E-state index in [4.69, 9.17) is 0 Å². The van der Waals surface area contributed by atoms with Crippen LogP contribution in [0, 0.1) is 28.1 Å². The molecule has 5 atom stereocenters. The summed E-state index contributed by atoms with van der Waals surface area (Å²) < 4.78 is 0. The Bertz CT molecular complexity index is 534. The van der Waals surface area contributed by atoms with Crippen molar-refractivity contribution in [2.45, 2.75) is 65.7 Å². The van der Waals surface area contributed by atoms with Crippen LogP contribution < -0.4 is 0 Å². The van der Waals surface area contributed by atoms with Gasteiger partial charge in [0.05, 0.1) is 5.41 Å². The van der Waals surface area contributed by atoms with E-state index in [1.165, 1.54) is 31.3 Å². The van der Waals surface area contributed by atoms with Crippen LogP contribution in [0.25, 0.3) is 0 Å². The zero-order valence-corrected chi connectivity index (χ0v) is 14.3. The summed E-state index contributed by atoms with van der Waals surface area (Å²) in [5.41, 5.74) is 1.40. The van der Waals surface area contributed by atoms with E-state index < -0.39 is 11.4 Å². The maximum absolute atomic E-state index is 11.9. The van der Waals surface area contributed by atoms with Crippen molar-refractivity contribution in [2.75, 3.05) is 0 Å². The minimum atomic E-state index is -0.600. The molecule has 3 aliphatic carbocycles. The SMILES string of the molecule is C=C[C@]1(C)CC[C@@]2(C)C3=CCC[C@@](C)(C(=O)O)[C@H]3CC[C@H]2C1. The third-order valence-corrected chi connectivity index (χ3v) is 7.45. The number of fused-ring (bicyclic) bond motifs is 3. The molecule has 0 heterocycles. The summed E-state index contributed by atoms with van der Waals surface area (Å²) in [5, 5.41) is 9.80. The van der Waals surface area contributed by atoms with Gasteiger partial charge in [-0.3, -0.25) is 4.79 Å². The predicted octanol–water partition coefficient (Wildman–Crippen LogP) is 5.21. The first-order valence-electron chi connectivity index (χ1n) is 8.83. The van der Waals surface area contributed by atoms with E-state index in [9.17, 15) is 9.90 Å². The second-order valence-electron chi connectivity index (χ2n) is 8.73. The van der Waals surface area contributed by atoms with Crippen LogP contribution in [-0.2, 0) is 4.79 Å². The molecule has 3 aliphatic rings. The van der Waals surface area contributed by atoms with E-state index in [0.717, 1.165) is 19.3 Å². The van der Waals surface area contributed by atoms with Crippen LogP contribution in [0.2, 0.25) is 0 Å². The minimum absolute atomic E-state index is 0.211. The number of carbonyl (C=O) groups is 1. The fraction of sp³-hybridized carbons (Fsp3) is 0.750. The summed E-state index contributed by atoms with van der Waals surface area (Å²) in [6.07, 6.45) is 12.0. The molecule has 0 aromatic rings. The highest BCUT2D eigenvalue weighted by Crippen LogP contribution is 2.63. The van der Waals surface area contributed by atoms with Gasteiger partial charge in [-0.25, -0.2) is 0 Å². The number of allylic oxidation sites excluding steroid dienone is 3. The molecule has 2 heteroatoms. The lowest BCUT2D eigenvalue weighted by Crippen LogP contribution is -2.50. The van der Waals surface area contributed by atoms with E-state index in [1.54, 1.807) is 0 Å². The Morgan fingerprint density at radius 2 is 2.00 bits per heavy atom. The van der Waals surface area contributed by atoms with Crippen molar-refractivity contribution in [3.05, 3.63) is 24.3 Å². The first-order valence-corrected chi connectivity index (χ1v) is 8.83. The Balaban J connectivity index is 1.95. The fourth-order valence-corrected chi connectivity index (χ4v) is 5.54. The van der Waals surface area contributed by atoms with Crippen molar-refractivity contribution in [2.24, 2.45) is 28.1 Å². The van der Waals surface area contributed by atoms with Crippen LogP contribution in [0.5, 0.6) is 0 Å². The second-order valence-corrected chi connectivity index (χ2v) is 8.73. The van der Waals surface area contributed by atoms with Crippen molar-refractivity contribution in [1.82, 2.24) is 0 Å². The summed E-state index contributed by atoms with van der Waals surface area (Å²) in [5.74, 6) is 0.327. The number of aliphatic carboxylic acids is 1. The second kappa shape index (κ2) is 4.97. The molecule has 2 fully saturated rings. The monoisotopic (exact) mass is 302 g/mol. The molecule has 0 unspecified atom stereocenters. The summed E-state index contributed by atoms with van der Waals surface area (Å²) in [4.78, 5) is 11.9. The smallest absolute Gasteiger partial charge is 0.309 e. The lowest BCUT2D eigenvalue weighted by molar-refractivity contribution is -0.153. The molecular formula is C20H30O2. The molecule has 0 amide bonds. The van der Waals surface area contributed by atoms with E-state index in [0.29, 0.717) is 5.92 Å². The summed E-state index contributed by atoms with van der Waals surface area (Å²) in [6.45, 7) is 10.8. The number of hydrogen-bond acceptors (Lipinski definition) is 1. The first-order chi connectivity index (χ1) is 10.3. The number of hydrogen-bond donors (Lipinski definition) is 1. The van der Waals surface area contributed by atoms with Gasteiger partial charge in [-0.1, -0.05) is 31.6 Å². The van der Waals surface area contributed by atoms with Gasteiger partial charge in [0.25, 0.3) is 0 Å². The number of rotatable bonds is 2. The largest absolute Gasteiger partial charge is 0.481 e. The topological polar surface area (TPSA) is 37.3 Å². The maximum Gasteiger partial charge on any atom is 0.309 e. The van der Waals surface area contributed by atoms with Gasteiger partial charge in [0.1, 0.15) is 0 Å². The Morgan fingerprint density at radius 3 is 2.64 bits per heavy atom. The average Bonchev–Trinajstić information content (AvgIpc) is 2.49. The van der Waals surface area contributed by atoms with Gasteiger partial charge >= 0.3 is 5.97 Å². The summed E-state index contributed by atoms with van der Waals surface area (Å²) in [7, 11) is 0. The Hall–Kier alpha value is -1.05. The summed E-state index contributed by atoms with van der Waals surface area (Å²) in [6, 6.07) is 0. The Kier molecular flexibility index (Phi) is 3.58. The molecule has 0 spiro atoms. The first kappa shape index (κ1) is 15.8. The molecule has 122 valence electrons. The average molecular weight is 302 g/mol. The van der Waals surface area contributed by atoms with Crippen LogP contribution >= 0.6 is 0 Å². The molecule has 1 N–H and O–H groups in total. The minimum Gasteiger partial charge on any atom is -0.481 e. The van der Waals surface area contributed by atoms with Crippen LogP contribution in [0.15, 0.2) is 24.3 Å². The van der Waals surface area contributed by atoms with Crippen LogP contribution in [-0.4, -0.2) is 11.1 Å². The Morgan fingerprint density at radius 1 is 1.27 bits per heavy atom. The lowest BCUT2D eigenvalue weighted by atomic mass is 9.47. The molecule has 2 saturated carbocycles. The van der Waals surface area contributed by atoms with Gasteiger partial charge in [-0.2, -0.15) is 0 Å². The molecule has 0 aromatic heterocycles. The van der Waals surface area contributed by atoms with Crippen LogP contribution in [0.1, 0.15) is 65.7 Å². The van der Waals surface area contributed by atoms with Gasteiger partial charge < -0.3 is 5.11 Å². The zero-order chi connectivity index (χ0) is 16.2. The maximum atomic E-state index is 11.9. The van der Waals surface area contributed by atoms with Crippen molar-refractivity contribution in [3.8, 4) is 0 Å². The zero-order valence-electron chi connectivity index (χ0n) is 14.3. The van der Waals surface area contributed by atoms with Gasteiger partial charge in [-0.05, 0) is 74.5 Å². The molecule has 22 heavy (non-hydrogen) atoms. The molecule has 0 saturated heterocycles. The van der Waals surface area contributed by atoms with Gasteiger partial charge in [-0.15, -0.1) is 6.58 Å². The molecule has 0 bridgehead atoms. The van der Waals surface area contributed by atoms with Crippen molar-refractivity contribution in [3.63, 3.8) is 0 Å². The van der Waals surface area contributed by atoms with Gasteiger partial charge in [0.15, 0.2) is 0 Å².